The highest BCUT2D eigenvalue weighted by Crippen LogP contribution is 2.59. The second kappa shape index (κ2) is 14.1. The number of hydrogen-bond acceptors (Lipinski definition) is 2. The zero-order chi connectivity index (χ0) is 40.3. The second-order valence-electron chi connectivity index (χ2n) is 16.0. The first kappa shape index (κ1) is 35.0. The number of fused-ring (bicyclic) bond motifs is 6. The zero-order valence-corrected chi connectivity index (χ0v) is 33.3. The van der Waals surface area contributed by atoms with Crippen LogP contribution in [0.15, 0.2) is 231 Å². The summed E-state index contributed by atoms with van der Waals surface area (Å²) in [4.78, 5) is 10.8. The van der Waals surface area contributed by atoms with Gasteiger partial charge >= 0.3 is 0 Å². The molecular formula is C59H38N2. The topological polar surface area (TPSA) is 25.8 Å². The summed E-state index contributed by atoms with van der Waals surface area (Å²) in [6.07, 6.45) is 0. The van der Waals surface area contributed by atoms with Crippen LogP contribution in [0, 0.1) is 0 Å². The molecule has 0 saturated heterocycles. The molecule has 1 aliphatic rings. The average Bonchev–Trinajstić information content (AvgIpc) is 3.65. The fourth-order valence-electron chi connectivity index (χ4n) is 10.1. The minimum absolute atomic E-state index is 0.528. The van der Waals surface area contributed by atoms with Crippen molar-refractivity contribution < 1.29 is 0 Å². The van der Waals surface area contributed by atoms with Gasteiger partial charge in [-0.05, 0) is 89.0 Å². The third-order valence-electron chi connectivity index (χ3n) is 12.8. The van der Waals surface area contributed by atoms with Gasteiger partial charge in [0.05, 0.1) is 16.8 Å². The third-order valence-corrected chi connectivity index (χ3v) is 12.8. The molecule has 1 aliphatic carbocycles. The molecular weight excluding hydrogens is 737 g/mol. The van der Waals surface area contributed by atoms with Crippen molar-refractivity contribution in [2.45, 2.75) is 5.41 Å². The van der Waals surface area contributed by atoms with Crippen LogP contribution in [0.1, 0.15) is 22.3 Å². The van der Waals surface area contributed by atoms with Crippen LogP contribution in [-0.2, 0) is 5.41 Å². The van der Waals surface area contributed by atoms with Crippen molar-refractivity contribution in [3.05, 3.63) is 253 Å². The minimum Gasteiger partial charge on any atom is -0.228 e. The largest absolute Gasteiger partial charge is 0.228 e. The molecule has 0 saturated carbocycles. The number of nitrogens with zero attached hydrogens (tertiary/aromatic N) is 2. The fraction of sp³-hybridized carbons (Fsp3) is 0.0169. The summed E-state index contributed by atoms with van der Waals surface area (Å²) in [5.41, 5.74) is 14.5. The summed E-state index contributed by atoms with van der Waals surface area (Å²) < 4.78 is 0. The molecule has 0 spiro atoms. The van der Waals surface area contributed by atoms with Crippen molar-refractivity contribution in [3.63, 3.8) is 0 Å². The van der Waals surface area contributed by atoms with Crippen molar-refractivity contribution in [1.29, 1.82) is 0 Å². The molecule has 0 bridgehead atoms. The van der Waals surface area contributed by atoms with E-state index in [-0.39, 0.29) is 0 Å². The molecule has 0 unspecified atom stereocenters. The normalized spacial score (nSPS) is 12.7. The van der Waals surface area contributed by atoms with E-state index in [1.807, 2.05) is 0 Å². The third kappa shape index (κ3) is 5.50. The Morgan fingerprint density at radius 3 is 1.59 bits per heavy atom. The molecule has 2 nitrogen and oxygen atoms in total. The van der Waals surface area contributed by atoms with Crippen LogP contribution in [0.4, 0.5) is 0 Å². The van der Waals surface area contributed by atoms with Crippen LogP contribution in [0.5, 0.6) is 0 Å². The van der Waals surface area contributed by atoms with Gasteiger partial charge in [0.25, 0.3) is 0 Å². The molecule has 11 aromatic rings. The Balaban J connectivity index is 1.11. The van der Waals surface area contributed by atoms with Crippen molar-refractivity contribution in [3.8, 4) is 56.2 Å². The summed E-state index contributed by atoms with van der Waals surface area (Å²) in [6.45, 7) is 0. The Morgan fingerprint density at radius 1 is 0.295 bits per heavy atom. The van der Waals surface area contributed by atoms with Crippen LogP contribution < -0.4 is 0 Å². The molecule has 2 heteroatoms. The van der Waals surface area contributed by atoms with Crippen molar-refractivity contribution >= 4 is 32.3 Å². The van der Waals surface area contributed by atoms with Gasteiger partial charge in [-0.1, -0.05) is 218 Å². The summed E-state index contributed by atoms with van der Waals surface area (Å²) >= 11 is 0. The lowest BCUT2D eigenvalue weighted by Gasteiger charge is -2.35. The standard InChI is InChI=1S/C59H38N2/c1-3-21-43(22-4-1)59(44-23-5-2-6-24-44)54-32-14-13-28-49(54)52-30-16-29-51(57(52)59)48-35-36-50(47-27-12-11-26-46(47)48)56-38-55(42-34-33-39-17-7-8-19-41(39)37-42)60-58(61-56)53-31-15-20-40-18-9-10-25-45(40)53/h1-38H. The molecule has 1 aromatic heterocycles. The van der Waals surface area contributed by atoms with Gasteiger partial charge in [0, 0.05) is 16.7 Å². The van der Waals surface area contributed by atoms with Crippen LogP contribution in [0.25, 0.3) is 88.5 Å². The van der Waals surface area contributed by atoms with Crippen LogP contribution in [-0.4, -0.2) is 9.97 Å². The van der Waals surface area contributed by atoms with Crippen LogP contribution in [0.3, 0.4) is 0 Å². The summed E-state index contributed by atoms with van der Waals surface area (Å²) in [7, 11) is 0. The first-order valence-corrected chi connectivity index (χ1v) is 21.0. The molecule has 12 rings (SSSR count). The van der Waals surface area contributed by atoms with Gasteiger partial charge in [0.2, 0.25) is 0 Å². The van der Waals surface area contributed by atoms with Gasteiger partial charge in [-0.15, -0.1) is 0 Å². The Morgan fingerprint density at radius 2 is 0.820 bits per heavy atom. The van der Waals surface area contributed by atoms with E-state index in [1.54, 1.807) is 0 Å². The lowest BCUT2D eigenvalue weighted by molar-refractivity contribution is 0.770. The van der Waals surface area contributed by atoms with Gasteiger partial charge in [0.15, 0.2) is 5.82 Å². The molecule has 0 atom stereocenters. The maximum atomic E-state index is 5.44. The Labute approximate surface area is 355 Å². The molecule has 0 aliphatic heterocycles. The molecule has 0 amide bonds. The summed E-state index contributed by atoms with van der Waals surface area (Å²) in [6, 6.07) is 83.6. The highest BCUT2D eigenvalue weighted by atomic mass is 14.9. The van der Waals surface area contributed by atoms with E-state index in [9.17, 15) is 0 Å². The quantitative estimate of drug-likeness (QED) is 0.168. The predicted molar refractivity (Wildman–Crippen MR) is 254 cm³/mol. The zero-order valence-electron chi connectivity index (χ0n) is 33.3. The van der Waals surface area contributed by atoms with Crippen LogP contribution in [0.2, 0.25) is 0 Å². The first-order chi connectivity index (χ1) is 30.3. The van der Waals surface area contributed by atoms with E-state index in [1.165, 1.54) is 60.7 Å². The molecule has 284 valence electrons. The van der Waals surface area contributed by atoms with E-state index in [2.05, 4.69) is 231 Å². The monoisotopic (exact) mass is 774 g/mol. The molecule has 0 N–H and O–H groups in total. The molecule has 61 heavy (non-hydrogen) atoms. The van der Waals surface area contributed by atoms with Gasteiger partial charge in [-0.2, -0.15) is 0 Å². The van der Waals surface area contributed by atoms with Gasteiger partial charge in [0.1, 0.15) is 0 Å². The maximum Gasteiger partial charge on any atom is 0.161 e. The number of aromatic nitrogens is 2. The number of hydrogen-bond donors (Lipinski definition) is 0. The number of benzene rings is 10. The maximum absolute atomic E-state index is 5.44. The molecule has 1 heterocycles. The van der Waals surface area contributed by atoms with Crippen molar-refractivity contribution in [2.75, 3.05) is 0 Å². The second-order valence-corrected chi connectivity index (χ2v) is 16.0. The Hall–Kier alpha value is -7.94. The molecule has 0 fully saturated rings. The highest BCUT2D eigenvalue weighted by Gasteiger charge is 2.47. The highest BCUT2D eigenvalue weighted by molar-refractivity contribution is 6.07. The lowest BCUT2D eigenvalue weighted by atomic mass is 9.66. The lowest BCUT2D eigenvalue weighted by Crippen LogP contribution is -2.29. The first-order valence-electron chi connectivity index (χ1n) is 21.0. The summed E-state index contributed by atoms with van der Waals surface area (Å²) in [5, 5.41) is 7.00. The van der Waals surface area contributed by atoms with E-state index >= 15 is 0 Å². The molecule has 10 aromatic carbocycles. The van der Waals surface area contributed by atoms with Crippen LogP contribution >= 0.6 is 0 Å². The summed E-state index contributed by atoms with van der Waals surface area (Å²) in [5.74, 6) is 0.708. The van der Waals surface area contributed by atoms with Gasteiger partial charge < -0.3 is 0 Å². The average molecular weight is 775 g/mol. The number of rotatable bonds is 6. The van der Waals surface area contributed by atoms with Crippen molar-refractivity contribution in [1.82, 2.24) is 9.97 Å². The Kier molecular flexibility index (Phi) is 8.11. The molecule has 0 radical (unpaired) electrons. The van der Waals surface area contributed by atoms with E-state index in [0.717, 1.165) is 44.2 Å². The van der Waals surface area contributed by atoms with E-state index in [4.69, 9.17) is 9.97 Å². The Bertz CT molecular complexity index is 3430. The smallest absolute Gasteiger partial charge is 0.161 e. The van der Waals surface area contributed by atoms with Crippen molar-refractivity contribution in [2.24, 2.45) is 0 Å². The van der Waals surface area contributed by atoms with E-state index < -0.39 is 5.41 Å². The van der Waals surface area contributed by atoms with E-state index in [0.29, 0.717) is 5.82 Å². The van der Waals surface area contributed by atoms with Gasteiger partial charge in [-0.25, -0.2) is 9.97 Å². The predicted octanol–water partition coefficient (Wildman–Crippen LogP) is 15.0. The fourth-order valence-corrected chi connectivity index (χ4v) is 10.1. The SMILES string of the molecule is c1ccc(C2(c3ccccc3)c3ccccc3-c3cccc(-c4ccc(-c5cc(-c6ccc7ccccc7c6)nc(-c6cccc7ccccc67)n5)c5ccccc45)c32)cc1. The minimum atomic E-state index is -0.528. The van der Waals surface area contributed by atoms with Gasteiger partial charge in [-0.3, -0.25) is 0 Å².